The van der Waals surface area contributed by atoms with Crippen LogP contribution in [0.2, 0.25) is 0 Å². The van der Waals surface area contributed by atoms with Gasteiger partial charge in [0.2, 0.25) is 0 Å². The molecule has 1 heterocycles. The first kappa shape index (κ1) is 19.2. The Morgan fingerprint density at radius 2 is 1.86 bits per heavy atom. The number of hydrogen-bond acceptors (Lipinski definition) is 3. The zero-order valence-electron chi connectivity index (χ0n) is 17.0. The van der Waals surface area contributed by atoms with Crippen LogP contribution >= 0.6 is 0 Å². The molecule has 0 bridgehead atoms. The molecule has 3 aromatic rings. The summed E-state index contributed by atoms with van der Waals surface area (Å²) in [5, 5.41) is 17.5. The van der Waals surface area contributed by atoms with Gasteiger partial charge in [-0.2, -0.15) is 10.4 Å². The molecule has 0 saturated heterocycles. The van der Waals surface area contributed by atoms with Crippen LogP contribution in [-0.2, 0) is 13.1 Å². The highest BCUT2D eigenvalue weighted by atomic mass is 15.3. The fourth-order valence-electron chi connectivity index (χ4n) is 4.22. The predicted molar refractivity (Wildman–Crippen MR) is 116 cm³/mol. The van der Waals surface area contributed by atoms with E-state index in [0.29, 0.717) is 17.5 Å². The summed E-state index contributed by atoms with van der Waals surface area (Å²) < 4.78 is 2.13. The Bertz CT molecular complexity index is 1060. The number of benzene rings is 2. The van der Waals surface area contributed by atoms with Crippen LogP contribution < -0.4 is 5.32 Å². The fraction of sp³-hybridized carbons (Fsp3) is 0.280. The maximum absolute atomic E-state index is 9.06. The summed E-state index contributed by atoms with van der Waals surface area (Å²) in [6.07, 6.45) is 5.62. The van der Waals surface area contributed by atoms with Gasteiger partial charge in [-0.05, 0) is 43.5 Å². The van der Waals surface area contributed by atoms with Gasteiger partial charge in [0.15, 0.2) is 0 Å². The van der Waals surface area contributed by atoms with E-state index in [-0.39, 0.29) is 0 Å². The number of rotatable bonds is 6. The van der Waals surface area contributed by atoms with Crippen molar-refractivity contribution in [3.05, 3.63) is 100 Å². The first-order valence-electron chi connectivity index (χ1n) is 10.1. The maximum Gasteiger partial charge on any atom is 0.0991 e. The van der Waals surface area contributed by atoms with Crippen molar-refractivity contribution in [2.24, 2.45) is 0 Å². The molecule has 0 aliphatic heterocycles. The smallest absolute Gasteiger partial charge is 0.0991 e. The van der Waals surface area contributed by atoms with Crippen LogP contribution in [0.5, 0.6) is 0 Å². The molecular weight excluding hydrogens is 356 g/mol. The van der Waals surface area contributed by atoms with E-state index >= 15 is 0 Å². The zero-order chi connectivity index (χ0) is 20.2. The van der Waals surface area contributed by atoms with Crippen LogP contribution in [-0.4, -0.2) is 15.8 Å². The van der Waals surface area contributed by atoms with Crippen LogP contribution in [0.4, 0.5) is 0 Å². The molecule has 1 aliphatic carbocycles. The molecule has 29 heavy (non-hydrogen) atoms. The van der Waals surface area contributed by atoms with Gasteiger partial charge in [0.1, 0.15) is 0 Å². The lowest BCUT2D eigenvalue weighted by atomic mass is 9.96. The third-order valence-corrected chi connectivity index (χ3v) is 5.69. The minimum Gasteiger partial charge on any atom is -0.306 e. The lowest BCUT2D eigenvalue weighted by Gasteiger charge is -2.15. The topological polar surface area (TPSA) is 53.6 Å². The van der Waals surface area contributed by atoms with Crippen LogP contribution in [0.1, 0.15) is 46.0 Å². The summed E-state index contributed by atoms with van der Waals surface area (Å²) in [6, 6.07) is 20.8. The van der Waals surface area contributed by atoms with Gasteiger partial charge in [0.05, 0.1) is 23.9 Å². The number of aromatic nitrogens is 2. The highest BCUT2D eigenvalue weighted by molar-refractivity contribution is 5.36. The largest absolute Gasteiger partial charge is 0.306 e. The Hall–Kier alpha value is -3.16. The molecule has 0 unspecified atom stereocenters. The summed E-state index contributed by atoms with van der Waals surface area (Å²) in [5.41, 5.74) is 6.85. The Balaban J connectivity index is 1.41. The molecule has 4 rings (SSSR count). The lowest BCUT2D eigenvalue weighted by Crippen LogP contribution is -2.25. The van der Waals surface area contributed by atoms with E-state index in [0.717, 1.165) is 30.8 Å². The van der Waals surface area contributed by atoms with E-state index in [9.17, 15) is 0 Å². The maximum atomic E-state index is 9.06. The van der Waals surface area contributed by atoms with Crippen LogP contribution in [0.25, 0.3) is 0 Å². The fourth-order valence-corrected chi connectivity index (χ4v) is 4.22. The average Bonchev–Trinajstić information content (AvgIpc) is 3.31. The Kier molecular flexibility index (Phi) is 5.59. The number of allylic oxidation sites excluding steroid dienone is 1. The molecule has 4 heteroatoms. The quantitative estimate of drug-likeness (QED) is 0.633. The van der Waals surface area contributed by atoms with Crippen LogP contribution in [0, 0.1) is 25.2 Å². The first-order valence-corrected chi connectivity index (χ1v) is 10.1. The second-order valence-electron chi connectivity index (χ2n) is 7.75. The Morgan fingerprint density at radius 1 is 1.07 bits per heavy atom. The van der Waals surface area contributed by atoms with Crippen LogP contribution in [0.15, 0.2) is 66.7 Å². The van der Waals surface area contributed by atoms with E-state index in [1.54, 1.807) is 0 Å². The minimum absolute atomic E-state index is 0.335. The molecule has 1 aromatic heterocycles. The summed E-state index contributed by atoms with van der Waals surface area (Å²) in [7, 11) is 0. The van der Waals surface area contributed by atoms with E-state index < -0.39 is 0 Å². The van der Waals surface area contributed by atoms with E-state index in [4.69, 9.17) is 10.4 Å². The molecule has 2 aromatic carbocycles. The normalized spacial score (nSPS) is 18.1. The van der Waals surface area contributed by atoms with Crippen molar-refractivity contribution in [3.63, 3.8) is 0 Å². The predicted octanol–water partition coefficient (Wildman–Crippen LogP) is 4.62. The summed E-state index contributed by atoms with van der Waals surface area (Å²) >= 11 is 0. The molecule has 0 amide bonds. The first-order chi connectivity index (χ1) is 14.1. The highest BCUT2D eigenvalue weighted by Crippen LogP contribution is 2.33. The van der Waals surface area contributed by atoms with Crippen molar-refractivity contribution in [3.8, 4) is 6.07 Å². The monoisotopic (exact) mass is 382 g/mol. The van der Waals surface area contributed by atoms with Crippen molar-refractivity contribution in [1.29, 1.82) is 5.26 Å². The number of nitriles is 1. The third kappa shape index (κ3) is 4.31. The molecule has 4 nitrogen and oxygen atoms in total. The van der Waals surface area contributed by atoms with Gasteiger partial charge in [-0.3, -0.25) is 4.68 Å². The second-order valence-corrected chi connectivity index (χ2v) is 7.75. The van der Waals surface area contributed by atoms with Crippen molar-refractivity contribution in [1.82, 2.24) is 15.1 Å². The number of nitrogens with one attached hydrogen (secondary N) is 1. The molecule has 0 spiro atoms. The molecule has 0 radical (unpaired) electrons. The highest BCUT2D eigenvalue weighted by Gasteiger charge is 2.25. The van der Waals surface area contributed by atoms with Gasteiger partial charge in [-0.1, -0.05) is 54.6 Å². The van der Waals surface area contributed by atoms with Gasteiger partial charge in [0.25, 0.3) is 0 Å². The second kappa shape index (κ2) is 8.46. The number of nitrogens with zero attached hydrogens (tertiary/aromatic N) is 3. The molecule has 0 saturated carbocycles. The van der Waals surface area contributed by atoms with Gasteiger partial charge < -0.3 is 5.32 Å². The Morgan fingerprint density at radius 3 is 2.66 bits per heavy atom. The van der Waals surface area contributed by atoms with Crippen molar-refractivity contribution in [2.75, 3.05) is 0 Å². The molecular formula is C25H26N4. The third-order valence-electron chi connectivity index (χ3n) is 5.69. The summed E-state index contributed by atoms with van der Waals surface area (Å²) in [4.78, 5) is 0. The molecule has 0 fully saturated rings. The standard InChI is InChI=1S/C25H26N4/c1-18-25(19(2)29(28-18)17-20-7-4-3-5-8-20)23-11-12-24(14-23)27-16-22-10-6-9-21(13-22)15-26/h3-13,23-24,27H,14,16-17H2,1-2H3/t23-,24+/m0/s1. The average molecular weight is 383 g/mol. The Labute approximate surface area is 172 Å². The van der Waals surface area contributed by atoms with Crippen molar-refractivity contribution < 1.29 is 0 Å². The van der Waals surface area contributed by atoms with E-state index in [1.165, 1.54) is 16.8 Å². The minimum atomic E-state index is 0.335. The SMILES string of the molecule is Cc1nn(Cc2ccccc2)c(C)c1[C@H]1C=C[C@@H](NCc2cccc(C#N)c2)C1. The van der Waals surface area contributed by atoms with E-state index in [1.807, 2.05) is 24.3 Å². The number of aryl methyl sites for hydroxylation is 1. The molecule has 2 atom stereocenters. The van der Waals surface area contributed by atoms with Crippen molar-refractivity contribution in [2.45, 2.75) is 45.3 Å². The molecule has 1 N–H and O–H groups in total. The van der Waals surface area contributed by atoms with Crippen molar-refractivity contribution >= 4 is 0 Å². The zero-order valence-corrected chi connectivity index (χ0v) is 17.0. The van der Waals surface area contributed by atoms with Gasteiger partial charge in [-0.15, -0.1) is 0 Å². The van der Waals surface area contributed by atoms with Gasteiger partial charge >= 0.3 is 0 Å². The molecule has 146 valence electrons. The number of hydrogen-bond donors (Lipinski definition) is 1. The lowest BCUT2D eigenvalue weighted by molar-refractivity contribution is 0.558. The van der Waals surface area contributed by atoms with E-state index in [2.05, 4.69) is 72.4 Å². The summed E-state index contributed by atoms with van der Waals surface area (Å²) in [5.74, 6) is 0.391. The van der Waals surface area contributed by atoms with Crippen LogP contribution in [0.3, 0.4) is 0 Å². The summed E-state index contributed by atoms with van der Waals surface area (Å²) in [6.45, 7) is 5.87. The van der Waals surface area contributed by atoms with Gasteiger partial charge in [-0.25, -0.2) is 0 Å². The molecule has 1 aliphatic rings. The van der Waals surface area contributed by atoms with Gasteiger partial charge in [0, 0.05) is 29.8 Å².